The van der Waals surface area contributed by atoms with Crippen molar-refractivity contribution in [2.75, 3.05) is 26.7 Å². The number of carbonyl (C=O) groups is 1. The zero-order valence-corrected chi connectivity index (χ0v) is 11.0. The number of likely N-dealkylation sites (N-methyl/N-ethyl adjacent to an activating group) is 2. The summed E-state index contributed by atoms with van der Waals surface area (Å²) in [7, 11) is 1.91. The Bertz CT molecular complexity index is 249. The van der Waals surface area contributed by atoms with E-state index in [1.54, 1.807) is 0 Å². The second-order valence-electron chi connectivity index (χ2n) is 5.27. The van der Waals surface area contributed by atoms with E-state index in [4.69, 9.17) is 5.73 Å². The predicted molar refractivity (Wildman–Crippen MR) is 66.2 cm³/mol. The van der Waals surface area contributed by atoms with E-state index in [0.29, 0.717) is 19.1 Å². The van der Waals surface area contributed by atoms with Crippen LogP contribution in [0.5, 0.6) is 0 Å². The maximum atomic E-state index is 12.0. The molecule has 0 aromatic carbocycles. The monoisotopic (exact) mass is 227 g/mol. The minimum atomic E-state index is -0.102. The van der Waals surface area contributed by atoms with Gasteiger partial charge in [-0.2, -0.15) is 0 Å². The molecule has 1 saturated carbocycles. The largest absolute Gasteiger partial charge is 0.342 e. The van der Waals surface area contributed by atoms with Crippen LogP contribution >= 0.6 is 0 Å². The van der Waals surface area contributed by atoms with Crippen LogP contribution in [-0.4, -0.2) is 54.0 Å². The van der Waals surface area contributed by atoms with Crippen molar-refractivity contribution in [3.8, 4) is 0 Å². The van der Waals surface area contributed by atoms with Gasteiger partial charge in [0, 0.05) is 25.2 Å². The Balaban J connectivity index is 2.52. The normalized spacial score (nSPS) is 16.6. The quantitative estimate of drug-likeness (QED) is 0.725. The van der Waals surface area contributed by atoms with Crippen molar-refractivity contribution >= 4 is 5.91 Å². The number of nitrogens with zero attached hydrogens (tertiary/aromatic N) is 2. The standard InChI is InChI=1S/C12H25N3O/c1-5-15(12(2,3)9-13)8-11(16)14(4)10-6-7-10/h10H,5-9,13H2,1-4H3. The molecule has 16 heavy (non-hydrogen) atoms. The van der Waals surface area contributed by atoms with E-state index in [9.17, 15) is 4.79 Å². The van der Waals surface area contributed by atoms with Gasteiger partial charge in [0.05, 0.1) is 6.54 Å². The van der Waals surface area contributed by atoms with Gasteiger partial charge in [-0.3, -0.25) is 9.69 Å². The topological polar surface area (TPSA) is 49.6 Å². The first kappa shape index (κ1) is 13.5. The first-order valence-electron chi connectivity index (χ1n) is 6.13. The lowest BCUT2D eigenvalue weighted by Gasteiger charge is -2.37. The molecule has 0 aliphatic heterocycles. The van der Waals surface area contributed by atoms with Crippen LogP contribution in [0.1, 0.15) is 33.6 Å². The van der Waals surface area contributed by atoms with Crippen LogP contribution in [0.3, 0.4) is 0 Å². The third-order valence-corrected chi connectivity index (χ3v) is 3.55. The maximum absolute atomic E-state index is 12.0. The van der Waals surface area contributed by atoms with Gasteiger partial charge in [0.2, 0.25) is 5.91 Å². The summed E-state index contributed by atoms with van der Waals surface area (Å²) in [6, 6.07) is 0.493. The van der Waals surface area contributed by atoms with Crippen LogP contribution in [0.15, 0.2) is 0 Å². The molecule has 1 fully saturated rings. The van der Waals surface area contributed by atoms with E-state index in [0.717, 1.165) is 19.4 Å². The molecular weight excluding hydrogens is 202 g/mol. The second-order valence-corrected chi connectivity index (χ2v) is 5.27. The van der Waals surface area contributed by atoms with Crippen molar-refractivity contribution in [3.63, 3.8) is 0 Å². The van der Waals surface area contributed by atoms with Crippen LogP contribution in [0.4, 0.5) is 0 Å². The molecule has 0 radical (unpaired) electrons. The molecule has 0 aromatic rings. The molecule has 0 unspecified atom stereocenters. The highest BCUT2D eigenvalue weighted by molar-refractivity contribution is 5.78. The lowest BCUT2D eigenvalue weighted by atomic mass is 10.0. The SMILES string of the molecule is CCN(CC(=O)N(C)C1CC1)C(C)(C)CN. The number of nitrogens with two attached hydrogens (primary N) is 1. The van der Waals surface area contributed by atoms with Crippen molar-refractivity contribution in [2.45, 2.75) is 45.2 Å². The summed E-state index contributed by atoms with van der Waals surface area (Å²) in [4.78, 5) is 16.0. The average Bonchev–Trinajstić information content (AvgIpc) is 3.07. The Hall–Kier alpha value is -0.610. The summed E-state index contributed by atoms with van der Waals surface area (Å²) in [5, 5.41) is 0. The first-order chi connectivity index (χ1) is 7.42. The van der Waals surface area contributed by atoms with E-state index in [2.05, 4.69) is 25.7 Å². The van der Waals surface area contributed by atoms with Gasteiger partial charge in [0.25, 0.3) is 0 Å². The highest BCUT2D eigenvalue weighted by Crippen LogP contribution is 2.25. The smallest absolute Gasteiger partial charge is 0.236 e. The molecule has 1 aliphatic rings. The van der Waals surface area contributed by atoms with Crippen LogP contribution in [0.2, 0.25) is 0 Å². The molecule has 1 aliphatic carbocycles. The second kappa shape index (κ2) is 5.15. The first-order valence-corrected chi connectivity index (χ1v) is 6.13. The Labute approximate surface area is 98.8 Å². The summed E-state index contributed by atoms with van der Waals surface area (Å²) in [6.07, 6.45) is 2.32. The Kier molecular flexibility index (Phi) is 4.33. The fraction of sp³-hybridized carbons (Fsp3) is 0.917. The summed E-state index contributed by atoms with van der Waals surface area (Å²) >= 11 is 0. The molecule has 0 heterocycles. The zero-order chi connectivity index (χ0) is 12.3. The molecule has 94 valence electrons. The minimum absolute atomic E-state index is 0.102. The predicted octanol–water partition coefficient (Wildman–Crippen LogP) is 0.666. The molecule has 0 aromatic heterocycles. The molecule has 4 nitrogen and oxygen atoms in total. The molecule has 4 heteroatoms. The van der Waals surface area contributed by atoms with Crippen LogP contribution in [0.25, 0.3) is 0 Å². The van der Waals surface area contributed by atoms with Gasteiger partial charge in [-0.1, -0.05) is 6.92 Å². The molecule has 0 saturated heterocycles. The Morgan fingerprint density at radius 3 is 2.38 bits per heavy atom. The van der Waals surface area contributed by atoms with Crippen LogP contribution in [-0.2, 0) is 4.79 Å². The number of hydrogen-bond donors (Lipinski definition) is 1. The van der Waals surface area contributed by atoms with Crippen molar-refractivity contribution in [1.82, 2.24) is 9.80 Å². The highest BCUT2D eigenvalue weighted by atomic mass is 16.2. The third kappa shape index (κ3) is 3.19. The van der Waals surface area contributed by atoms with Crippen LogP contribution in [0, 0.1) is 0 Å². The summed E-state index contributed by atoms with van der Waals surface area (Å²) < 4.78 is 0. The van der Waals surface area contributed by atoms with Gasteiger partial charge in [-0.25, -0.2) is 0 Å². The Morgan fingerprint density at radius 1 is 1.44 bits per heavy atom. The van der Waals surface area contributed by atoms with Gasteiger partial charge < -0.3 is 10.6 Å². The van der Waals surface area contributed by atoms with Crippen molar-refractivity contribution in [1.29, 1.82) is 0 Å². The number of hydrogen-bond acceptors (Lipinski definition) is 3. The summed E-state index contributed by atoms with van der Waals surface area (Å²) in [5.74, 6) is 0.214. The molecule has 2 N–H and O–H groups in total. The minimum Gasteiger partial charge on any atom is -0.342 e. The van der Waals surface area contributed by atoms with Crippen molar-refractivity contribution in [3.05, 3.63) is 0 Å². The van der Waals surface area contributed by atoms with Crippen molar-refractivity contribution in [2.24, 2.45) is 5.73 Å². The fourth-order valence-electron chi connectivity index (χ4n) is 1.82. The molecular formula is C12H25N3O. The molecule has 1 rings (SSSR count). The zero-order valence-electron chi connectivity index (χ0n) is 11.0. The number of carbonyl (C=O) groups excluding carboxylic acids is 1. The van der Waals surface area contributed by atoms with E-state index < -0.39 is 0 Å². The maximum Gasteiger partial charge on any atom is 0.236 e. The van der Waals surface area contributed by atoms with Gasteiger partial charge in [-0.05, 0) is 33.2 Å². The number of amides is 1. The summed E-state index contributed by atoms with van der Waals surface area (Å²) in [5.41, 5.74) is 5.64. The lowest BCUT2D eigenvalue weighted by Crippen LogP contribution is -2.53. The van der Waals surface area contributed by atoms with Crippen molar-refractivity contribution < 1.29 is 4.79 Å². The summed E-state index contributed by atoms with van der Waals surface area (Å²) in [6.45, 7) is 8.15. The van der Waals surface area contributed by atoms with Gasteiger partial charge in [-0.15, -0.1) is 0 Å². The van der Waals surface area contributed by atoms with Gasteiger partial charge in [0.15, 0.2) is 0 Å². The average molecular weight is 227 g/mol. The lowest BCUT2D eigenvalue weighted by molar-refractivity contribution is -0.132. The van der Waals surface area contributed by atoms with Gasteiger partial charge in [0.1, 0.15) is 0 Å². The number of rotatable bonds is 6. The van der Waals surface area contributed by atoms with E-state index in [-0.39, 0.29) is 11.4 Å². The molecule has 0 spiro atoms. The van der Waals surface area contributed by atoms with E-state index in [1.807, 2.05) is 11.9 Å². The highest BCUT2D eigenvalue weighted by Gasteiger charge is 2.32. The molecule has 0 atom stereocenters. The third-order valence-electron chi connectivity index (χ3n) is 3.55. The van der Waals surface area contributed by atoms with Gasteiger partial charge >= 0.3 is 0 Å². The van der Waals surface area contributed by atoms with E-state index >= 15 is 0 Å². The molecule has 0 bridgehead atoms. The Morgan fingerprint density at radius 2 is 2.00 bits per heavy atom. The fourth-order valence-corrected chi connectivity index (χ4v) is 1.82. The molecule has 1 amide bonds. The van der Waals surface area contributed by atoms with E-state index in [1.165, 1.54) is 0 Å². The van der Waals surface area contributed by atoms with Crippen LogP contribution < -0.4 is 5.73 Å².